The molecule has 6 fully saturated rings. The highest BCUT2D eigenvalue weighted by molar-refractivity contribution is 5.37. The van der Waals surface area contributed by atoms with Crippen LogP contribution >= 0.6 is 0 Å². The topological polar surface area (TPSA) is 13.0 Å². The molecule has 6 heterocycles. The van der Waals surface area contributed by atoms with Gasteiger partial charge in [0.15, 0.2) is 0 Å². The molecule has 6 aliphatic heterocycles. The Hall–Kier alpha value is -0.160. The van der Waals surface area contributed by atoms with Gasteiger partial charge < -0.3 is 0 Å². The average Bonchev–Trinajstić information content (AvgIpc) is 2.29. The van der Waals surface area contributed by atoms with E-state index in [0.29, 0.717) is 0 Å². The van der Waals surface area contributed by atoms with Crippen LogP contribution in [0.4, 0.5) is 0 Å². The van der Waals surface area contributed by atoms with E-state index in [0.717, 1.165) is 0 Å². The van der Waals surface area contributed by atoms with Crippen LogP contribution in [-0.2, 0) is 0 Å². The minimum Gasteiger partial charge on any atom is -0.265 e. The lowest BCUT2D eigenvalue weighted by Crippen LogP contribution is -3.13. The second-order valence-corrected chi connectivity index (χ2v) is 6.32. The molecule has 0 radical (unpaired) electrons. The van der Waals surface area contributed by atoms with Crippen LogP contribution in [-0.4, -0.2) is 70.4 Å². The molecule has 0 aromatic heterocycles. The molecule has 4 bridgehead atoms. The molecule has 16 heavy (non-hydrogen) atoms. The number of likely N-dealkylation sites (N-methyl/N-ethyl adjacent to an activating group) is 4. The van der Waals surface area contributed by atoms with Crippen LogP contribution in [0, 0.1) is 0 Å². The molecule has 0 aromatic rings. The Morgan fingerprint density at radius 2 is 0.562 bits per heavy atom. The predicted octanol–water partition coefficient (Wildman–Crippen LogP) is 0.619. The molecular weight excluding hydrogens is 200 g/mol. The summed E-state index contributed by atoms with van der Waals surface area (Å²) in [5.41, 5.74) is 0.401. The van der Waals surface area contributed by atoms with E-state index in [-0.39, 0.29) is 22.7 Å². The van der Waals surface area contributed by atoms with Gasteiger partial charge in [0, 0.05) is 0 Å². The number of piperazine rings is 4. The van der Waals surface area contributed by atoms with E-state index in [1.54, 1.807) is 0 Å². The lowest BCUT2D eigenvalue weighted by Gasteiger charge is -2.94. The first-order valence-electron chi connectivity index (χ1n) is 6.08. The van der Waals surface area contributed by atoms with Gasteiger partial charge in [0.1, 0.15) is 22.7 Å². The van der Waals surface area contributed by atoms with Crippen LogP contribution in [0.25, 0.3) is 0 Å². The monoisotopic (exact) mass is 224 g/mol. The van der Waals surface area contributed by atoms with Crippen molar-refractivity contribution < 1.29 is 0 Å². The summed E-state index contributed by atoms with van der Waals surface area (Å²) >= 11 is 0. The van der Waals surface area contributed by atoms with E-state index in [1.165, 1.54) is 0 Å². The molecule has 0 spiro atoms. The van der Waals surface area contributed by atoms with Gasteiger partial charge in [-0.1, -0.05) is 0 Å². The van der Waals surface area contributed by atoms with Crippen molar-refractivity contribution in [1.82, 2.24) is 19.6 Å². The van der Waals surface area contributed by atoms with E-state index < -0.39 is 0 Å². The zero-order chi connectivity index (χ0) is 12.3. The SMILES string of the molecule is CN1C2(C)N(C)C1(C)C1(C)N(C)C2(C)N1C. The van der Waals surface area contributed by atoms with Gasteiger partial charge in [-0.2, -0.15) is 0 Å². The predicted molar refractivity (Wildman–Crippen MR) is 64.7 cm³/mol. The molecule has 0 saturated carbocycles. The van der Waals surface area contributed by atoms with Crippen LogP contribution in [0.1, 0.15) is 27.7 Å². The van der Waals surface area contributed by atoms with Gasteiger partial charge in [-0.3, -0.25) is 19.6 Å². The quantitative estimate of drug-likeness (QED) is 0.598. The normalized spacial score (nSPS) is 63.0. The van der Waals surface area contributed by atoms with E-state index >= 15 is 0 Å². The van der Waals surface area contributed by atoms with Crippen molar-refractivity contribution in [2.45, 2.75) is 50.3 Å². The Bertz CT molecular complexity index is 289. The highest BCUT2D eigenvalue weighted by Gasteiger charge is 2.89. The molecule has 6 aliphatic rings. The highest BCUT2D eigenvalue weighted by Crippen LogP contribution is 2.70. The van der Waals surface area contributed by atoms with Crippen LogP contribution in [0.3, 0.4) is 0 Å². The fourth-order valence-electron chi connectivity index (χ4n) is 5.05. The van der Waals surface area contributed by atoms with Crippen molar-refractivity contribution in [3.8, 4) is 0 Å². The van der Waals surface area contributed by atoms with E-state index in [4.69, 9.17) is 0 Å². The van der Waals surface area contributed by atoms with Crippen LogP contribution in [0.5, 0.6) is 0 Å². The molecule has 92 valence electrons. The van der Waals surface area contributed by atoms with Crippen molar-refractivity contribution in [3.63, 3.8) is 0 Å². The molecule has 0 aromatic carbocycles. The molecule has 0 amide bonds. The first kappa shape index (κ1) is 11.0. The summed E-state index contributed by atoms with van der Waals surface area (Å²) in [6.07, 6.45) is 0. The Morgan fingerprint density at radius 1 is 0.438 bits per heavy atom. The minimum atomic E-state index is 0.100. The third-order valence-electron chi connectivity index (χ3n) is 7.02. The smallest absolute Gasteiger partial charge is 0.106 e. The minimum absolute atomic E-state index is 0.100. The third-order valence-corrected chi connectivity index (χ3v) is 7.02. The summed E-state index contributed by atoms with van der Waals surface area (Å²) in [6, 6.07) is 0. The Balaban J connectivity index is 2.24. The van der Waals surface area contributed by atoms with Gasteiger partial charge in [0.05, 0.1) is 0 Å². The van der Waals surface area contributed by atoms with Gasteiger partial charge >= 0.3 is 0 Å². The standard InChI is InChI=1S/C12H24N4/c1-9-10(2)15(7)12(4,16(10)8)11(3,13(9)5)14(9)6/h1-8H3. The maximum atomic E-state index is 2.54. The van der Waals surface area contributed by atoms with Gasteiger partial charge in [-0.15, -0.1) is 0 Å². The Labute approximate surface area is 98.8 Å². The van der Waals surface area contributed by atoms with Crippen molar-refractivity contribution in [2.24, 2.45) is 0 Å². The van der Waals surface area contributed by atoms with Crippen molar-refractivity contribution in [1.29, 1.82) is 0 Å². The second-order valence-electron chi connectivity index (χ2n) is 6.32. The number of hydrogen-bond acceptors (Lipinski definition) is 4. The Morgan fingerprint density at radius 3 is 0.688 bits per heavy atom. The lowest BCUT2D eigenvalue weighted by molar-refractivity contribution is -0.531. The fraction of sp³-hybridized carbons (Fsp3) is 1.00. The third kappa shape index (κ3) is 0.526. The first-order valence-corrected chi connectivity index (χ1v) is 6.08. The van der Waals surface area contributed by atoms with Crippen LogP contribution in [0.15, 0.2) is 0 Å². The van der Waals surface area contributed by atoms with Crippen molar-refractivity contribution >= 4 is 0 Å². The maximum Gasteiger partial charge on any atom is 0.106 e. The zero-order valence-corrected chi connectivity index (χ0v) is 11.8. The molecule has 4 nitrogen and oxygen atoms in total. The second kappa shape index (κ2) is 2.21. The largest absolute Gasteiger partial charge is 0.265 e. The van der Waals surface area contributed by atoms with Crippen LogP contribution < -0.4 is 0 Å². The molecule has 6 rings (SSSR count). The zero-order valence-electron chi connectivity index (χ0n) is 11.8. The molecule has 0 atom stereocenters. The van der Waals surface area contributed by atoms with Gasteiger partial charge in [-0.05, 0) is 55.9 Å². The first-order chi connectivity index (χ1) is 7.12. The van der Waals surface area contributed by atoms with Crippen LogP contribution in [0.2, 0.25) is 0 Å². The fourth-order valence-corrected chi connectivity index (χ4v) is 5.05. The summed E-state index contributed by atoms with van der Waals surface area (Å²) in [5.74, 6) is 0. The molecule has 0 unspecified atom stereocenters. The average molecular weight is 224 g/mol. The maximum absolute atomic E-state index is 2.54. The number of hydrogen-bond donors (Lipinski definition) is 0. The molecular formula is C12H24N4. The molecule has 4 heteroatoms. The van der Waals surface area contributed by atoms with Crippen molar-refractivity contribution in [2.75, 3.05) is 28.2 Å². The summed E-state index contributed by atoms with van der Waals surface area (Å²) < 4.78 is 0. The summed E-state index contributed by atoms with van der Waals surface area (Å²) in [6.45, 7) is 9.39. The highest BCUT2D eigenvalue weighted by atomic mass is 15.8. The van der Waals surface area contributed by atoms with Gasteiger partial charge in [-0.25, -0.2) is 0 Å². The van der Waals surface area contributed by atoms with Crippen molar-refractivity contribution in [3.05, 3.63) is 0 Å². The number of rotatable bonds is 0. The summed E-state index contributed by atoms with van der Waals surface area (Å²) in [4.78, 5) is 10.2. The van der Waals surface area contributed by atoms with E-state index in [2.05, 4.69) is 75.5 Å². The number of nitrogens with zero attached hydrogens (tertiary/aromatic N) is 4. The summed E-state index contributed by atoms with van der Waals surface area (Å²) in [5, 5.41) is 0. The Kier molecular flexibility index (Phi) is 1.52. The van der Waals surface area contributed by atoms with E-state index in [9.17, 15) is 0 Å². The molecule has 6 saturated heterocycles. The molecule has 0 N–H and O–H groups in total. The summed E-state index contributed by atoms with van der Waals surface area (Å²) in [7, 11) is 9.04. The van der Waals surface area contributed by atoms with Gasteiger partial charge in [0.25, 0.3) is 0 Å². The van der Waals surface area contributed by atoms with E-state index in [1.807, 2.05) is 0 Å². The molecule has 0 aliphatic carbocycles. The van der Waals surface area contributed by atoms with Gasteiger partial charge in [0.2, 0.25) is 0 Å². The lowest BCUT2D eigenvalue weighted by atomic mass is 9.60.